The Bertz CT molecular complexity index is 822. The van der Waals surface area contributed by atoms with Gasteiger partial charge >= 0.3 is 0 Å². The van der Waals surface area contributed by atoms with Gasteiger partial charge in [0, 0.05) is 38.4 Å². The second kappa shape index (κ2) is 10.2. The van der Waals surface area contributed by atoms with Crippen molar-refractivity contribution >= 4 is 28.9 Å². The zero-order valence-corrected chi connectivity index (χ0v) is 17.2. The third kappa shape index (κ3) is 6.40. The average molecular weight is 417 g/mol. The number of thiocarbonyl (C=S) groups is 1. The predicted molar refractivity (Wildman–Crippen MR) is 115 cm³/mol. The van der Waals surface area contributed by atoms with Gasteiger partial charge < -0.3 is 20.3 Å². The van der Waals surface area contributed by atoms with Crippen LogP contribution in [0.1, 0.15) is 5.56 Å². The lowest BCUT2D eigenvalue weighted by atomic mass is 10.2. The Balaban J connectivity index is 1.38. The van der Waals surface area contributed by atoms with E-state index >= 15 is 0 Å². The highest BCUT2D eigenvalue weighted by atomic mass is 32.1. The Morgan fingerprint density at radius 3 is 2.34 bits per heavy atom. The molecule has 1 aliphatic rings. The van der Waals surface area contributed by atoms with Crippen molar-refractivity contribution in [3.8, 4) is 5.75 Å². The highest BCUT2D eigenvalue weighted by Crippen LogP contribution is 2.12. The molecule has 2 aromatic carbocycles. The molecule has 0 aromatic heterocycles. The van der Waals surface area contributed by atoms with E-state index < -0.39 is 0 Å². The Morgan fingerprint density at radius 2 is 1.72 bits per heavy atom. The van der Waals surface area contributed by atoms with E-state index in [2.05, 4.69) is 20.4 Å². The van der Waals surface area contributed by atoms with Gasteiger partial charge in [0.2, 0.25) is 5.91 Å². The second-order valence-corrected chi connectivity index (χ2v) is 7.21. The van der Waals surface area contributed by atoms with Gasteiger partial charge in [-0.3, -0.25) is 9.69 Å². The number of benzene rings is 2. The summed E-state index contributed by atoms with van der Waals surface area (Å²) in [6.45, 7) is 3.99. The average Bonchev–Trinajstić information content (AvgIpc) is 2.74. The lowest BCUT2D eigenvalue weighted by Crippen LogP contribution is -2.52. The summed E-state index contributed by atoms with van der Waals surface area (Å²) in [6.07, 6.45) is 0. The minimum absolute atomic E-state index is 0.106. The van der Waals surface area contributed by atoms with E-state index in [1.165, 1.54) is 12.1 Å². The summed E-state index contributed by atoms with van der Waals surface area (Å²) in [7, 11) is 1.65. The van der Waals surface area contributed by atoms with E-state index in [0.29, 0.717) is 18.8 Å². The standard InChI is InChI=1S/C21H25FN4O2S/c1-28-19-8-2-16(3-9-19)14-23-21(29)26-12-10-25(11-13-26)15-20(27)24-18-6-4-17(22)5-7-18/h2-9H,10-15H2,1H3,(H,23,29)(H,24,27). The summed E-state index contributed by atoms with van der Waals surface area (Å²) in [5.74, 6) is 0.400. The molecule has 0 saturated carbocycles. The van der Waals surface area contributed by atoms with Crippen molar-refractivity contribution in [3.05, 3.63) is 59.9 Å². The van der Waals surface area contributed by atoms with Crippen molar-refractivity contribution < 1.29 is 13.9 Å². The van der Waals surface area contributed by atoms with Crippen molar-refractivity contribution in [2.45, 2.75) is 6.54 Å². The maximum absolute atomic E-state index is 12.9. The molecule has 6 nitrogen and oxygen atoms in total. The number of carbonyl (C=O) groups is 1. The van der Waals surface area contributed by atoms with Crippen LogP contribution in [0.4, 0.5) is 10.1 Å². The Labute approximate surface area is 175 Å². The van der Waals surface area contributed by atoms with Crippen LogP contribution in [0.5, 0.6) is 5.75 Å². The van der Waals surface area contributed by atoms with Crippen LogP contribution in [0.3, 0.4) is 0 Å². The summed E-state index contributed by atoms with van der Waals surface area (Å²) < 4.78 is 18.1. The zero-order valence-electron chi connectivity index (χ0n) is 16.4. The molecular formula is C21H25FN4O2S. The smallest absolute Gasteiger partial charge is 0.238 e. The van der Waals surface area contributed by atoms with Crippen LogP contribution in [0, 0.1) is 5.82 Å². The molecule has 154 valence electrons. The van der Waals surface area contributed by atoms with Gasteiger partial charge in [-0.2, -0.15) is 0 Å². The maximum atomic E-state index is 12.9. The molecule has 1 saturated heterocycles. The van der Waals surface area contributed by atoms with Gasteiger partial charge in [-0.1, -0.05) is 12.1 Å². The first-order valence-corrected chi connectivity index (χ1v) is 9.88. The fourth-order valence-corrected chi connectivity index (χ4v) is 3.33. The number of ether oxygens (including phenoxy) is 1. The van der Waals surface area contributed by atoms with Crippen LogP contribution in [-0.4, -0.2) is 60.7 Å². The molecule has 0 unspecified atom stereocenters. The maximum Gasteiger partial charge on any atom is 0.238 e. The van der Waals surface area contributed by atoms with E-state index in [0.717, 1.165) is 42.6 Å². The van der Waals surface area contributed by atoms with Gasteiger partial charge in [0.1, 0.15) is 11.6 Å². The molecule has 1 aliphatic heterocycles. The number of anilines is 1. The van der Waals surface area contributed by atoms with Gasteiger partial charge in [0.05, 0.1) is 13.7 Å². The molecule has 0 bridgehead atoms. The van der Waals surface area contributed by atoms with Gasteiger partial charge in [0.25, 0.3) is 0 Å². The van der Waals surface area contributed by atoms with Crippen LogP contribution in [0.25, 0.3) is 0 Å². The van der Waals surface area contributed by atoms with Gasteiger partial charge in [-0.15, -0.1) is 0 Å². The number of hydrogen-bond donors (Lipinski definition) is 2. The number of methoxy groups -OCH3 is 1. The SMILES string of the molecule is COc1ccc(CNC(=S)N2CCN(CC(=O)Nc3ccc(F)cc3)CC2)cc1. The van der Waals surface area contributed by atoms with Crippen LogP contribution >= 0.6 is 12.2 Å². The highest BCUT2D eigenvalue weighted by Gasteiger charge is 2.20. The van der Waals surface area contributed by atoms with Gasteiger partial charge in [-0.25, -0.2) is 4.39 Å². The lowest BCUT2D eigenvalue weighted by Gasteiger charge is -2.35. The van der Waals surface area contributed by atoms with E-state index in [1.54, 1.807) is 19.2 Å². The van der Waals surface area contributed by atoms with E-state index in [9.17, 15) is 9.18 Å². The normalized spacial score (nSPS) is 14.3. The molecule has 0 spiro atoms. The largest absolute Gasteiger partial charge is 0.497 e. The molecule has 2 aromatic rings. The number of nitrogens with one attached hydrogen (secondary N) is 2. The fourth-order valence-electron chi connectivity index (χ4n) is 3.08. The predicted octanol–water partition coefficient (Wildman–Crippen LogP) is 2.47. The van der Waals surface area contributed by atoms with Crippen molar-refractivity contribution in [3.63, 3.8) is 0 Å². The summed E-state index contributed by atoms with van der Waals surface area (Å²) in [5.41, 5.74) is 1.73. The van der Waals surface area contributed by atoms with Crippen molar-refractivity contribution in [1.29, 1.82) is 0 Å². The molecule has 1 heterocycles. The molecule has 29 heavy (non-hydrogen) atoms. The third-order valence-electron chi connectivity index (χ3n) is 4.76. The number of rotatable bonds is 6. The monoisotopic (exact) mass is 416 g/mol. The molecule has 1 fully saturated rings. The van der Waals surface area contributed by atoms with Crippen LogP contribution < -0.4 is 15.4 Å². The first-order valence-electron chi connectivity index (χ1n) is 9.47. The zero-order chi connectivity index (χ0) is 20.6. The highest BCUT2D eigenvalue weighted by molar-refractivity contribution is 7.80. The number of amides is 1. The van der Waals surface area contributed by atoms with Crippen molar-refractivity contribution in [2.75, 3.05) is 45.2 Å². The Hall–Kier alpha value is -2.71. The number of nitrogens with zero attached hydrogens (tertiary/aromatic N) is 2. The number of carbonyl (C=O) groups excluding carboxylic acids is 1. The number of hydrogen-bond acceptors (Lipinski definition) is 4. The first kappa shape index (κ1) is 21.0. The van der Waals surface area contributed by atoms with E-state index in [4.69, 9.17) is 17.0 Å². The Kier molecular flexibility index (Phi) is 7.37. The van der Waals surface area contributed by atoms with E-state index in [1.807, 2.05) is 24.3 Å². The van der Waals surface area contributed by atoms with Crippen LogP contribution in [0.2, 0.25) is 0 Å². The third-order valence-corrected chi connectivity index (χ3v) is 5.16. The minimum Gasteiger partial charge on any atom is -0.497 e. The summed E-state index contributed by atoms with van der Waals surface area (Å²) in [4.78, 5) is 16.4. The van der Waals surface area contributed by atoms with Gasteiger partial charge in [-0.05, 0) is 54.2 Å². The van der Waals surface area contributed by atoms with Crippen LogP contribution in [0.15, 0.2) is 48.5 Å². The van der Waals surface area contributed by atoms with E-state index in [-0.39, 0.29) is 11.7 Å². The van der Waals surface area contributed by atoms with Crippen molar-refractivity contribution in [1.82, 2.24) is 15.1 Å². The van der Waals surface area contributed by atoms with Crippen LogP contribution in [-0.2, 0) is 11.3 Å². The summed E-state index contributed by atoms with van der Waals surface area (Å²) in [6, 6.07) is 13.6. The molecule has 1 amide bonds. The topological polar surface area (TPSA) is 56.8 Å². The molecular weight excluding hydrogens is 391 g/mol. The molecule has 0 radical (unpaired) electrons. The molecule has 8 heteroatoms. The molecule has 3 rings (SSSR count). The second-order valence-electron chi connectivity index (χ2n) is 6.83. The number of halogens is 1. The minimum atomic E-state index is -0.323. The molecule has 0 atom stereocenters. The summed E-state index contributed by atoms with van der Waals surface area (Å²) in [5, 5.41) is 6.79. The van der Waals surface area contributed by atoms with Gasteiger partial charge in [0.15, 0.2) is 5.11 Å². The summed E-state index contributed by atoms with van der Waals surface area (Å²) >= 11 is 5.51. The first-order chi connectivity index (χ1) is 14.0. The van der Waals surface area contributed by atoms with Crippen molar-refractivity contribution in [2.24, 2.45) is 0 Å². The molecule has 2 N–H and O–H groups in total. The molecule has 0 aliphatic carbocycles. The number of piperazine rings is 1. The lowest BCUT2D eigenvalue weighted by molar-refractivity contribution is -0.117. The quantitative estimate of drug-likeness (QED) is 0.706. The Morgan fingerprint density at radius 1 is 1.07 bits per heavy atom. The fraction of sp³-hybridized carbons (Fsp3) is 0.333.